The lowest BCUT2D eigenvalue weighted by Crippen LogP contribution is -2.07. The molecule has 0 N–H and O–H groups in total. The normalized spacial score (nSPS) is 17.2. The van der Waals surface area contributed by atoms with E-state index in [1.807, 2.05) is 0 Å². The van der Waals surface area contributed by atoms with Gasteiger partial charge in [0, 0.05) is 23.0 Å². The summed E-state index contributed by atoms with van der Waals surface area (Å²) in [5.74, 6) is 1.61. The van der Waals surface area contributed by atoms with Crippen LogP contribution in [0.15, 0.2) is 48.0 Å². The van der Waals surface area contributed by atoms with E-state index in [1.54, 1.807) is 12.7 Å². The molecule has 0 spiro atoms. The van der Waals surface area contributed by atoms with Crippen LogP contribution >= 0.6 is 0 Å². The number of rotatable bonds is 2. The number of ether oxygens (including phenoxy) is 1. The maximum absolute atomic E-state index is 5.51. The van der Waals surface area contributed by atoms with Gasteiger partial charge in [-0.25, -0.2) is 0 Å². The van der Waals surface area contributed by atoms with E-state index in [9.17, 15) is 0 Å². The van der Waals surface area contributed by atoms with Crippen molar-refractivity contribution in [2.45, 2.75) is 51.5 Å². The van der Waals surface area contributed by atoms with Crippen LogP contribution in [-0.2, 0) is 6.54 Å². The van der Waals surface area contributed by atoms with E-state index in [4.69, 9.17) is 4.74 Å². The van der Waals surface area contributed by atoms with Crippen LogP contribution in [0.1, 0.15) is 56.1 Å². The van der Waals surface area contributed by atoms with Crippen LogP contribution in [0, 0.1) is 0 Å². The molecule has 0 amide bonds. The molecule has 1 saturated carbocycles. The Labute approximate surface area is 161 Å². The molecule has 0 unspecified atom stereocenters. The number of benzene rings is 2. The number of fused-ring (bicyclic) bond motifs is 5. The van der Waals surface area contributed by atoms with E-state index in [1.165, 1.54) is 65.4 Å². The zero-order valence-corrected chi connectivity index (χ0v) is 16.3. The van der Waals surface area contributed by atoms with Gasteiger partial charge in [-0.05, 0) is 61.1 Å². The Balaban J connectivity index is 1.84. The summed E-state index contributed by atoms with van der Waals surface area (Å²) in [6, 6.07) is 15.6. The third kappa shape index (κ3) is 2.70. The van der Waals surface area contributed by atoms with Crippen molar-refractivity contribution in [2.75, 3.05) is 7.11 Å². The van der Waals surface area contributed by atoms with Crippen LogP contribution in [0.4, 0.5) is 0 Å². The van der Waals surface area contributed by atoms with Crippen LogP contribution in [-0.4, -0.2) is 11.7 Å². The zero-order valence-electron chi connectivity index (χ0n) is 16.3. The fourth-order valence-corrected chi connectivity index (χ4v) is 5.15. The van der Waals surface area contributed by atoms with E-state index >= 15 is 0 Å². The summed E-state index contributed by atoms with van der Waals surface area (Å²) in [6.45, 7) is 3.20. The minimum Gasteiger partial charge on any atom is -0.497 e. The summed E-state index contributed by atoms with van der Waals surface area (Å²) >= 11 is 0. The zero-order chi connectivity index (χ0) is 18.4. The standard InChI is InChI=1S/C25H27NO/c1-17-14-19-15-20(27-2)12-13-21(19)25-24(18-8-4-3-5-9-18)22-10-6-7-11-23(22)26(25)16-17/h6-7,10-15,18H,3-5,8-9,16H2,1-2H3. The molecule has 1 aromatic heterocycles. The number of hydrogen-bond donors (Lipinski definition) is 0. The van der Waals surface area contributed by atoms with Crippen LogP contribution in [0.5, 0.6) is 5.75 Å². The largest absolute Gasteiger partial charge is 0.497 e. The number of allylic oxidation sites excluding steroid dienone is 1. The molecule has 2 aliphatic rings. The van der Waals surface area contributed by atoms with Gasteiger partial charge < -0.3 is 9.30 Å². The molecule has 0 radical (unpaired) electrons. The molecule has 3 aromatic rings. The maximum Gasteiger partial charge on any atom is 0.119 e. The predicted octanol–water partition coefficient (Wildman–Crippen LogP) is 6.78. The third-order valence-corrected chi connectivity index (χ3v) is 6.35. The first kappa shape index (κ1) is 16.7. The Bertz CT molecular complexity index is 1030. The maximum atomic E-state index is 5.51. The van der Waals surface area contributed by atoms with Gasteiger partial charge in [-0.1, -0.05) is 49.1 Å². The quantitative estimate of drug-likeness (QED) is 0.493. The molecule has 0 saturated heterocycles. The van der Waals surface area contributed by atoms with Crippen molar-refractivity contribution in [3.63, 3.8) is 0 Å². The van der Waals surface area contributed by atoms with Gasteiger partial charge in [0.25, 0.3) is 0 Å². The number of aromatic nitrogens is 1. The van der Waals surface area contributed by atoms with E-state index in [-0.39, 0.29) is 0 Å². The fourth-order valence-electron chi connectivity index (χ4n) is 5.15. The van der Waals surface area contributed by atoms with Crippen LogP contribution < -0.4 is 4.74 Å². The van der Waals surface area contributed by atoms with E-state index in [0.29, 0.717) is 5.92 Å². The van der Waals surface area contributed by atoms with Crippen molar-refractivity contribution in [3.8, 4) is 17.0 Å². The number of para-hydroxylation sites is 1. The van der Waals surface area contributed by atoms with Gasteiger partial charge in [0.15, 0.2) is 0 Å². The highest BCUT2D eigenvalue weighted by Crippen LogP contribution is 2.46. The highest BCUT2D eigenvalue weighted by Gasteiger charge is 2.28. The molecule has 0 bridgehead atoms. The Morgan fingerprint density at radius 3 is 2.63 bits per heavy atom. The topological polar surface area (TPSA) is 14.2 Å². The average Bonchev–Trinajstić information content (AvgIpc) is 2.94. The minimum atomic E-state index is 0.674. The van der Waals surface area contributed by atoms with E-state index in [0.717, 1.165) is 12.3 Å². The molecular formula is C25H27NO. The summed E-state index contributed by atoms with van der Waals surface area (Å²) in [6.07, 6.45) is 9.08. The van der Waals surface area contributed by atoms with Crippen molar-refractivity contribution in [1.82, 2.24) is 4.57 Å². The van der Waals surface area contributed by atoms with Crippen molar-refractivity contribution in [3.05, 3.63) is 59.2 Å². The van der Waals surface area contributed by atoms with Crippen LogP contribution in [0.25, 0.3) is 28.2 Å². The number of hydrogen-bond acceptors (Lipinski definition) is 1. The summed E-state index contributed by atoms with van der Waals surface area (Å²) in [4.78, 5) is 0. The second-order valence-corrected chi connectivity index (χ2v) is 8.14. The second kappa shape index (κ2) is 6.60. The lowest BCUT2D eigenvalue weighted by molar-refractivity contribution is 0.415. The van der Waals surface area contributed by atoms with E-state index in [2.05, 4.69) is 60.0 Å². The van der Waals surface area contributed by atoms with E-state index < -0.39 is 0 Å². The summed E-state index contributed by atoms with van der Waals surface area (Å²) in [7, 11) is 1.75. The molecule has 2 nitrogen and oxygen atoms in total. The molecule has 2 heteroatoms. The van der Waals surface area contributed by atoms with Gasteiger partial charge in [0.1, 0.15) is 5.75 Å². The summed E-state index contributed by atoms with van der Waals surface area (Å²) in [5, 5.41) is 1.45. The molecule has 5 rings (SSSR count). The molecule has 0 atom stereocenters. The van der Waals surface area contributed by atoms with Crippen molar-refractivity contribution in [2.24, 2.45) is 0 Å². The molecule has 1 fully saturated rings. The van der Waals surface area contributed by atoms with Crippen LogP contribution in [0.3, 0.4) is 0 Å². The third-order valence-electron chi connectivity index (χ3n) is 6.35. The first-order valence-corrected chi connectivity index (χ1v) is 10.2. The molecule has 2 heterocycles. The Hall–Kier alpha value is -2.48. The van der Waals surface area contributed by atoms with Crippen molar-refractivity contribution in [1.29, 1.82) is 0 Å². The Kier molecular flexibility index (Phi) is 4.07. The van der Waals surface area contributed by atoms with Gasteiger partial charge in [-0.2, -0.15) is 0 Å². The molecule has 138 valence electrons. The van der Waals surface area contributed by atoms with Gasteiger partial charge in [-0.15, -0.1) is 0 Å². The Morgan fingerprint density at radius 2 is 1.81 bits per heavy atom. The van der Waals surface area contributed by atoms with Gasteiger partial charge in [0.05, 0.1) is 12.8 Å². The lowest BCUT2D eigenvalue weighted by Gasteiger charge is -2.24. The SMILES string of the molecule is COc1ccc2c(c1)C=C(C)Cn1c-2c(C2CCCCC2)c2ccccc21. The fraction of sp³-hybridized carbons (Fsp3) is 0.360. The number of nitrogens with zero attached hydrogens (tertiary/aromatic N) is 1. The average molecular weight is 357 g/mol. The molecular weight excluding hydrogens is 330 g/mol. The molecule has 1 aliphatic carbocycles. The van der Waals surface area contributed by atoms with Crippen LogP contribution in [0.2, 0.25) is 0 Å². The van der Waals surface area contributed by atoms with Gasteiger partial charge in [0.2, 0.25) is 0 Å². The smallest absolute Gasteiger partial charge is 0.119 e. The monoisotopic (exact) mass is 357 g/mol. The summed E-state index contributed by atoms with van der Waals surface area (Å²) in [5.41, 5.74) is 8.42. The second-order valence-electron chi connectivity index (χ2n) is 8.14. The first-order chi connectivity index (χ1) is 13.3. The molecule has 2 aromatic carbocycles. The van der Waals surface area contributed by atoms with Crippen molar-refractivity contribution < 1.29 is 4.74 Å². The van der Waals surface area contributed by atoms with Gasteiger partial charge in [-0.3, -0.25) is 0 Å². The molecule has 27 heavy (non-hydrogen) atoms. The molecule has 1 aliphatic heterocycles. The first-order valence-electron chi connectivity index (χ1n) is 10.2. The van der Waals surface area contributed by atoms with Gasteiger partial charge >= 0.3 is 0 Å². The lowest BCUT2D eigenvalue weighted by atomic mass is 9.81. The summed E-state index contributed by atoms with van der Waals surface area (Å²) < 4.78 is 8.07. The Morgan fingerprint density at radius 1 is 1.00 bits per heavy atom. The number of methoxy groups -OCH3 is 1. The highest BCUT2D eigenvalue weighted by molar-refractivity contribution is 5.95. The van der Waals surface area contributed by atoms with Crippen molar-refractivity contribution >= 4 is 17.0 Å². The predicted molar refractivity (Wildman–Crippen MR) is 113 cm³/mol. The minimum absolute atomic E-state index is 0.674. The highest BCUT2D eigenvalue weighted by atomic mass is 16.5.